The van der Waals surface area contributed by atoms with Gasteiger partial charge in [-0.1, -0.05) is 23.4 Å². The van der Waals surface area contributed by atoms with Gasteiger partial charge in [0.05, 0.1) is 12.9 Å². The number of methoxy groups -OCH3 is 1. The molecule has 11 heteroatoms. The van der Waals surface area contributed by atoms with E-state index in [2.05, 4.69) is 20.8 Å². The Hall–Kier alpha value is -4.02. The fraction of sp³-hybridized carbons (Fsp3) is 0.154. The highest BCUT2D eigenvalue weighted by Gasteiger charge is 2.13. The first-order valence-electron chi connectivity index (χ1n) is 11.2. The fourth-order valence-corrected chi connectivity index (χ4v) is 4.04. The molecule has 0 saturated carbocycles. The van der Waals surface area contributed by atoms with E-state index in [-0.39, 0.29) is 24.2 Å². The molecule has 9 nitrogen and oxygen atoms in total. The van der Waals surface area contributed by atoms with Crippen molar-refractivity contribution in [3.8, 4) is 11.5 Å². The van der Waals surface area contributed by atoms with Gasteiger partial charge in [-0.05, 0) is 72.8 Å². The molecule has 2 N–H and O–H groups in total. The summed E-state index contributed by atoms with van der Waals surface area (Å²) < 4.78 is 12.6. The summed E-state index contributed by atoms with van der Waals surface area (Å²) in [6, 6.07) is 20.8. The minimum Gasteiger partial charge on any atom is -0.497 e. The van der Waals surface area contributed by atoms with Crippen molar-refractivity contribution in [3.63, 3.8) is 0 Å². The Morgan fingerprint density at radius 3 is 2.19 bits per heavy atom. The van der Waals surface area contributed by atoms with Crippen LogP contribution in [-0.4, -0.2) is 39.4 Å². The van der Waals surface area contributed by atoms with Gasteiger partial charge in [0.15, 0.2) is 11.0 Å². The van der Waals surface area contributed by atoms with Gasteiger partial charge in [0.1, 0.15) is 18.1 Å². The number of carbonyl (C=O) groups excluding carboxylic acids is 2. The Morgan fingerprint density at radius 1 is 0.892 bits per heavy atom. The molecule has 190 valence electrons. The van der Waals surface area contributed by atoms with E-state index < -0.39 is 0 Å². The predicted octanol–water partition coefficient (Wildman–Crippen LogP) is 5.04. The van der Waals surface area contributed by atoms with Gasteiger partial charge in [0.25, 0.3) is 5.91 Å². The molecule has 0 aliphatic carbocycles. The van der Waals surface area contributed by atoms with E-state index in [4.69, 9.17) is 21.1 Å². The first-order chi connectivity index (χ1) is 17.9. The third kappa shape index (κ3) is 7.25. The summed E-state index contributed by atoms with van der Waals surface area (Å²) in [5.41, 5.74) is 1.71. The monoisotopic (exact) mass is 537 g/mol. The van der Waals surface area contributed by atoms with Crippen LogP contribution >= 0.6 is 23.4 Å². The molecule has 4 rings (SSSR count). The number of hydrogen-bond acceptors (Lipinski definition) is 7. The van der Waals surface area contributed by atoms with E-state index in [0.29, 0.717) is 44.4 Å². The summed E-state index contributed by atoms with van der Waals surface area (Å²) in [5, 5.41) is 15.1. The predicted molar refractivity (Wildman–Crippen MR) is 144 cm³/mol. The summed E-state index contributed by atoms with van der Waals surface area (Å²) in [6.07, 6.45) is 0. The van der Waals surface area contributed by atoms with Crippen LogP contribution < -0.4 is 20.1 Å². The van der Waals surface area contributed by atoms with Gasteiger partial charge in [-0.15, -0.1) is 10.2 Å². The van der Waals surface area contributed by atoms with E-state index in [0.717, 1.165) is 0 Å². The van der Waals surface area contributed by atoms with Crippen LogP contribution in [0.2, 0.25) is 5.02 Å². The summed E-state index contributed by atoms with van der Waals surface area (Å²) in [6.45, 7) is 0.232. The SMILES string of the molecule is COc1ccc(NC(=O)c2ccc(NC(=O)CSc3nnc(COc4ccc(Cl)cc4)n3C)cc2)cc1. The lowest BCUT2D eigenvalue weighted by atomic mass is 10.2. The maximum atomic E-state index is 12.5. The Kier molecular flexibility index (Phi) is 8.65. The van der Waals surface area contributed by atoms with Crippen molar-refractivity contribution < 1.29 is 19.1 Å². The quantitative estimate of drug-likeness (QED) is 0.273. The molecule has 0 fully saturated rings. The molecule has 1 aromatic heterocycles. The van der Waals surface area contributed by atoms with E-state index in [1.807, 2.05) is 7.05 Å². The van der Waals surface area contributed by atoms with E-state index in [1.54, 1.807) is 84.5 Å². The van der Waals surface area contributed by atoms with Crippen molar-refractivity contribution in [2.75, 3.05) is 23.5 Å². The highest BCUT2D eigenvalue weighted by Crippen LogP contribution is 2.20. The normalized spacial score (nSPS) is 10.6. The number of nitrogens with one attached hydrogen (secondary N) is 2. The summed E-state index contributed by atoms with van der Waals surface area (Å²) in [4.78, 5) is 24.9. The number of benzene rings is 3. The largest absolute Gasteiger partial charge is 0.497 e. The number of anilines is 2. The van der Waals surface area contributed by atoms with Gasteiger partial charge in [-0.3, -0.25) is 9.59 Å². The van der Waals surface area contributed by atoms with Crippen molar-refractivity contribution in [1.82, 2.24) is 14.8 Å². The van der Waals surface area contributed by atoms with Gasteiger partial charge < -0.3 is 24.7 Å². The Labute approximate surface area is 223 Å². The lowest BCUT2D eigenvalue weighted by Gasteiger charge is -2.08. The molecule has 3 aromatic carbocycles. The molecule has 0 radical (unpaired) electrons. The van der Waals surface area contributed by atoms with Crippen molar-refractivity contribution in [1.29, 1.82) is 0 Å². The lowest BCUT2D eigenvalue weighted by molar-refractivity contribution is -0.113. The topological polar surface area (TPSA) is 107 Å². The summed E-state index contributed by atoms with van der Waals surface area (Å²) in [7, 11) is 3.40. The lowest BCUT2D eigenvalue weighted by Crippen LogP contribution is -2.15. The molecule has 0 aliphatic heterocycles. The van der Waals surface area contributed by atoms with Gasteiger partial charge >= 0.3 is 0 Å². The molecule has 2 amide bonds. The number of amides is 2. The van der Waals surface area contributed by atoms with E-state index >= 15 is 0 Å². The fourth-order valence-electron chi connectivity index (χ4n) is 3.18. The molecule has 4 aromatic rings. The molecule has 0 bridgehead atoms. The smallest absolute Gasteiger partial charge is 0.255 e. The third-order valence-corrected chi connectivity index (χ3v) is 6.49. The maximum absolute atomic E-state index is 12.5. The molecule has 0 saturated heterocycles. The van der Waals surface area contributed by atoms with Crippen LogP contribution in [0.4, 0.5) is 11.4 Å². The van der Waals surface area contributed by atoms with E-state index in [1.165, 1.54) is 11.8 Å². The second-order valence-electron chi connectivity index (χ2n) is 7.80. The molecule has 1 heterocycles. The van der Waals surface area contributed by atoms with Crippen LogP contribution in [-0.2, 0) is 18.4 Å². The van der Waals surface area contributed by atoms with Crippen LogP contribution in [0.3, 0.4) is 0 Å². The zero-order chi connectivity index (χ0) is 26.2. The third-order valence-electron chi connectivity index (χ3n) is 5.22. The van der Waals surface area contributed by atoms with Crippen molar-refractivity contribution >= 4 is 46.6 Å². The molecule has 0 spiro atoms. The highest BCUT2D eigenvalue weighted by molar-refractivity contribution is 7.99. The first kappa shape index (κ1) is 26.1. The Bertz CT molecular complexity index is 1360. The molecule has 0 unspecified atom stereocenters. The number of thioether (sulfide) groups is 1. The second-order valence-corrected chi connectivity index (χ2v) is 9.18. The number of ether oxygens (including phenoxy) is 2. The molecule has 0 atom stereocenters. The van der Waals surface area contributed by atoms with Gasteiger partial charge in [-0.25, -0.2) is 0 Å². The zero-order valence-electron chi connectivity index (χ0n) is 20.1. The Balaban J connectivity index is 1.24. The maximum Gasteiger partial charge on any atom is 0.255 e. The number of carbonyl (C=O) groups is 2. The highest BCUT2D eigenvalue weighted by atomic mass is 35.5. The van der Waals surface area contributed by atoms with Crippen LogP contribution in [0, 0.1) is 0 Å². The molecule has 0 aliphatic rings. The van der Waals surface area contributed by atoms with Gasteiger partial charge in [-0.2, -0.15) is 0 Å². The molecular weight excluding hydrogens is 514 g/mol. The zero-order valence-corrected chi connectivity index (χ0v) is 21.7. The number of rotatable bonds is 10. The minimum absolute atomic E-state index is 0.143. The number of aromatic nitrogens is 3. The Morgan fingerprint density at radius 2 is 1.51 bits per heavy atom. The van der Waals surface area contributed by atoms with Crippen LogP contribution in [0.25, 0.3) is 0 Å². The van der Waals surface area contributed by atoms with Crippen LogP contribution in [0.1, 0.15) is 16.2 Å². The summed E-state index contributed by atoms with van der Waals surface area (Å²) in [5.74, 6) is 1.69. The van der Waals surface area contributed by atoms with Gasteiger partial charge in [0.2, 0.25) is 5.91 Å². The average Bonchev–Trinajstić information content (AvgIpc) is 3.27. The van der Waals surface area contributed by atoms with Crippen molar-refractivity contribution in [3.05, 3.63) is 89.2 Å². The van der Waals surface area contributed by atoms with E-state index in [9.17, 15) is 9.59 Å². The van der Waals surface area contributed by atoms with Crippen molar-refractivity contribution in [2.24, 2.45) is 7.05 Å². The summed E-state index contributed by atoms with van der Waals surface area (Å²) >= 11 is 7.15. The first-order valence-corrected chi connectivity index (χ1v) is 12.5. The van der Waals surface area contributed by atoms with Gasteiger partial charge in [0, 0.05) is 29.0 Å². The molecule has 37 heavy (non-hydrogen) atoms. The molecular formula is C26H24ClN5O4S. The van der Waals surface area contributed by atoms with Crippen molar-refractivity contribution in [2.45, 2.75) is 11.8 Å². The second kappa shape index (κ2) is 12.3. The number of hydrogen-bond donors (Lipinski definition) is 2. The van der Waals surface area contributed by atoms with Crippen LogP contribution in [0.5, 0.6) is 11.5 Å². The number of halogens is 1. The minimum atomic E-state index is -0.253. The van der Waals surface area contributed by atoms with Crippen LogP contribution in [0.15, 0.2) is 78.0 Å². The standard InChI is InChI=1S/C26H24ClN5O4S/c1-32-23(15-36-22-11-5-18(27)6-12-22)30-31-26(32)37-16-24(33)28-19-7-3-17(4-8-19)25(34)29-20-9-13-21(35-2)14-10-20/h3-14H,15-16H2,1-2H3,(H,28,33)(H,29,34). The average molecular weight is 538 g/mol. The number of nitrogens with zero attached hydrogens (tertiary/aromatic N) is 3.